The Morgan fingerprint density at radius 2 is 0.979 bits per heavy atom. The van der Waals surface area contributed by atoms with Gasteiger partial charge in [0, 0.05) is 35.3 Å². The molecule has 4 aromatic rings. The molecule has 4 aromatic carbocycles. The first kappa shape index (κ1) is 38.6. The average molecular weight is 827 g/mol. The second kappa shape index (κ2) is 17.6. The number of nitrogens with one attached hydrogen (secondary N) is 2. The van der Waals surface area contributed by atoms with Crippen molar-refractivity contribution in [2.45, 2.75) is 51.2 Å². The second-order valence-electron chi connectivity index (χ2n) is 12.1. The van der Waals surface area contributed by atoms with Gasteiger partial charge in [0.25, 0.3) is 0 Å². The summed E-state index contributed by atoms with van der Waals surface area (Å²) in [7, 11) is 0. The predicted octanol–water partition coefficient (Wildman–Crippen LogP) is 7.01. The van der Waals surface area contributed by atoms with Crippen LogP contribution in [0.3, 0.4) is 0 Å². The molecule has 0 bridgehead atoms. The summed E-state index contributed by atoms with van der Waals surface area (Å²) >= 11 is 21.0. The van der Waals surface area contributed by atoms with E-state index in [9.17, 15) is 20.4 Å². The van der Waals surface area contributed by atoms with Crippen LogP contribution in [-0.4, -0.2) is 57.9 Å². The van der Waals surface area contributed by atoms with Crippen LogP contribution in [-0.2, 0) is 26.3 Å². The molecule has 0 aliphatic carbocycles. The minimum Gasteiger partial charge on any atom is -0.488 e. The summed E-state index contributed by atoms with van der Waals surface area (Å²) in [4.78, 5) is 0. The van der Waals surface area contributed by atoms with E-state index in [2.05, 4.69) is 42.5 Å². The summed E-state index contributed by atoms with van der Waals surface area (Å²) in [5, 5.41) is 45.5. The van der Waals surface area contributed by atoms with Crippen LogP contribution in [0, 0.1) is 0 Å². The van der Waals surface area contributed by atoms with E-state index < -0.39 is 11.1 Å². The van der Waals surface area contributed by atoms with Crippen molar-refractivity contribution in [1.82, 2.24) is 10.6 Å². The first-order valence-electron chi connectivity index (χ1n) is 15.3. The third-order valence-electron chi connectivity index (χ3n) is 8.04. The van der Waals surface area contributed by atoms with Crippen LogP contribution in [0.15, 0.2) is 81.7 Å². The van der Waals surface area contributed by atoms with Crippen LogP contribution in [0.1, 0.15) is 36.1 Å². The molecule has 0 radical (unpaired) electrons. The largest absolute Gasteiger partial charge is 0.488 e. The lowest BCUT2D eigenvalue weighted by Crippen LogP contribution is -2.48. The fourth-order valence-electron chi connectivity index (χ4n) is 4.61. The summed E-state index contributed by atoms with van der Waals surface area (Å²) < 4.78 is 13.8. The van der Waals surface area contributed by atoms with Crippen molar-refractivity contribution in [3.8, 4) is 22.6 Å². The molecule has 0 spiro atoms. The molecule has 258 valence electrons. The monoisotopic (exact) mass is 824 g/mol. The molecule has 0 aromatic heterocycles. The van der Waals surface area contributed by atoms with E-state index in [0.717, 1.165) is 42.3 Å². The van der Waals surface area contributed by atoms with Gasteiger partial charge >= 0.3 is 0 Å². The van der Waals surface area contributed by atoms with Gasteiger partial charge in [0.15, 0.2) is 0 Å². The summed E-state index contributed by atoms with van der Waals surface area (Å²) in [6.45, 7) is 4.19. The molecular weight excluding hydrogens is 787 g/mol. The minimum absolute atomic E-state index is 0.180. The average Bonchev–Trinajstić information content (AvgIpc) is 3.10. The summed E-state index contributed by atoms with van der Waals surface area (Å²) in [5.74, 6) is 1.29. The Hall–Kier alpha value is -2.22. The van der Waals surface area contributed by atoms with Crippen molar-refractivity contribution in [1.29, 1.82) is 0 Å². The highest BCUT2D eigenvalue weighted by atomic mass is 79.9. The molecule has 0 unspecified atom stereocenters. The van der Waals surface area contributed by atoms with Crippen LogP contribution in [0.4, 0.5) is 0 Å². The molecule has 12 heteroatoms. The molecule has 0 heterocycles. The van der Waals surface area contributed by atoms with Gasteiger partial charge in [-0.1, -0.05) is 71.7 Å². The van der Waals surface area contributed by atoms with E-state index in [1.165, 1.54) is 0 Å². The number of hydrogen-bond donors (Lipinski definition) is 6. The Labute approximate surface area is 308 Å². The first-order chi connectivity index (χ1) is 22.9. The van der Waals surface area contributed by atoms with Crippen molar-refractivity contribution in [3.05, 3.63) is 114 Å². The third kappa shape index (κ3) is 9.94. The van der Waals surface area contributed by atoms with Gasteiger partial charge in [0.1, 0.15) is 24.7 Å². The van der Waals surface area contributed by atoms with Crippen LogP contribution < -0.4 is 20.1 Å². The van der Waals surface area contributed by atoms with Crippen molar-refractivity contribution < 1.29 is 29.9 Å². The predicted molar refractivity (Wildman–Crippen MR) is 198 cm³/mol. The normalized spacial score (nSPS) is 12.0. The lowest BCUT2D eigenvalue weighted by atomic mass is 10.0. The molecule has 0 saturated carbocycles. The number of aliphatic hydroxyl groups excluding tert-OH is 4. The lowest BCUT2D eigenvalue weighted by Gasteiger charge is -2.26. The van der Waals surface area contributed by atoms with Gasteiger partial charge in [0.2, 0.25) is 0 Å². The summed E-state index contributed by atoms with van der Waals surface area (Å²) in [5.41, 5.74) is 3.52. The maximum atomic E-state index is 9.52. The van der Waals surface area contributed by atoms with E-state index in [1.54, 1.807) is 13.8 Å². The SMILES string of the molecule is CC(CO)(CO)NCc1ccc(OCc2cccc(-c3cccc(COc4ccc(CNC(C)(CO)CO)cc4Br)c3Cl)c2Cl)c(Br)c1. The van der Waals surface area contributed by atoms with E-state index in [0.29, 0.717) is 34.6 Å². The minimum atomic E-state index is -0.770. The highest BCUT2D eigenvalue weighted by Gasteiger charge is 2.22. The van der Waals surface area contributed by atoms with Gasteiger partial charge < -0.3 is 40.5 Å². The van der Waals surface area contributed by atoms with E-state index in [1.807, 2.05) is 72.8 Å². The summed E-state index contributed by atoms with van der Waals surface area (Å²) in [6, 6.07) is 22.9. The number of rotatable bonds is 17. The number of benzene rings is 4. The van der Waals surface area contributed by atoms with Gasteiger partial charge in [0.05, 0.1) is 56.5 Å². The Morgan fingerprint density at radius 3 is 1.31 bits per heavy atom. The first-order valence-corrected chi connectivity index (χ1v) is 17.6. The van der Waals surface area contributed by atoms with Gasteiger partial charge in [-0.15, -0.1) is 0 Å². The molecule has 0 amide bonds. The molecular formula is C36H40Br2Cl2N2O6. The van der Waals surface area contributed by atoms with Gasteiger partial charge in [-0.3, -0.25) is 0 Å². The van der Waals surface area contributed by atoms with E-state index in [-0.39, 0.29) is 39.6 Å². The summed E-state index contributed by atoms with van der Waals surface area (Å²) in [6.07, 6.45) is 0. The third-order valence-corrected chi connectivity index (χ3v) is 10.2. The van der Waals surface area contributed by atoms with Crippen LogP contribution in [0.2, 0.25) is 10.0 Å². The molecule has 8 nitrogen and oxygen atoms in total. The van der Waals surface area contributed by atoms with Crippen LogP contribution in [0.5, 0.6) is 11.5 Å². The van der Waals surface area contributed by atoms with Crippen molar-refractivity contribution >= 4 is 55.1 Å². The standard InChI is InChI=1S/C36H40Br2Cl2N2O6/c1-35(19-43,20-44)41-15-23-9-11-31(29(37)13-23)47-17-25-5-3-7-27(33(25)39)28-8-4-6-26(34(28)40)18-48-32-12-10-24(14-30(32)38)16-42-36(2,21-45)22-46/h3-14,41-46H,15-22H2,1-2H3. The molecule has 4 rings (SSSR count). The Morgan fingerprint density at radius 1 is 0.604 bits per heavy atom. The van der Waals surface area contributed by atoms with Gasteiger partial charge in [-0.05, 0) is 81.1 Å². The number of ether oxygens (including phenoxy) is 2. The second-order valence-corrected chi connectivity index (χ2v) is 14.6. The Bertz CT molecular complexity index is 1560. The molecule has 0 aliphatic rings. The van der Waals surface area contributed by atoms with Gasteiger partial charge in [-0.25, -0.2) is 0 Å². The highest BCUT2D eigenvalue weighted by Crippen LogP contribution is 2.38. The van der Waals surface area contributed by atoms with Gasteiger partial charge in [-0.2, -0.15) is 0 Å². The number of hydrogen-bond acceptors (Lipinski definition) is 8. The topological polar surface area (TPSA) is 123 Å². The smallest absolute Gasteiger partial charge is 0.134 e. The zero-order valence-corrected chi connectivity index (χ0v) is 31.4. The quantitative estimate of drug-likeness (QED) is 0.0673. The van der Waals surface area contributed by atoms with Crippen molar-refractivity contribution in [2.75, 3.05) is 26.4 Å². The fraction of sp³-hybridized carbons (Fsp3) is 0.333. The fourth-order valence-corrected chi connectivity index (χ4v) is 6.25. The maximum Gasteiger partial charge on any atom is 0.134 e. The van der Waals surface area contributed by atoms with E-state index in [4.69, 9.17) is 32.7 Å². The molecule has 0 atom stereocenters. The zero-order chi connectivity index (χ0) is 34.9. The van der Waals surface area contributed by atoms with Crippen LogP contribution in [0.25, 0.3) is 11.1 Å². The zero-order valence-electron chi connectivity index (χ0n) is 26.7. The molecule has 6 N–H and O–H groups in total. The molecule has 0 saturated heterocycles. The Balaban J connectivity index is 1.42. The molecule has 48 heavy (non-hydrogen) atoms. The number of aliphatic hydroxyl groups is 4. The van der Waals surface area contributed by atoms with E-state index >= 15 is 0 Å². The number of halogens is 4. The molecule has 0 aliphatic heterocycles. The molecule has 0 fully saturated rings. The highest BCUT2D eigenvalue weighted by molar-refractivity contribution is 9.10. The van der Waals surface area contributed by atoms with Crippen LogP contribution >= 0.6 is 55.1 Å². The maximum absolute atomic E-state index is 9.52. The van der Waals surface area contributed by atoms with Crippen molar-refractivity contribution in [2.24, 2.45) is 0 Å². The lowest BCUT2D eigenvalue weighted by molar-refractivity contribution is 0.103. The van der Waals surface area contributed by atoms with Crippen molar-refractivity contribution in [3.63, 3.8) is 0 Å². The Kier molecular flexibility index (Phi) is 14.2.